The molecule has 0 unspecified atom stereocenters. The zero-order valence-corrected chi connectivity index (χ0v) is 7.12. The van der Waals surface area contributed by atoms with E-state index < -0.39 is 0 Å². The summed E-state index contributed by atoms with van der Waals surface area (Å²) in [5.41, 5.74) is 2.35. The normalized spacial score (nSPS) is 9.75. The molecule has 1 nitrogen and oxygen atoms in total. The van der Waals surface area contributed by atoms with Crippen LogP contribution in [0.4, 0.5) is 0 Å². The first-order valence-electron chi connectivity index (χ1n) is 4.16. The Balaban J connectivity index is 2.66. The Bertz CT molecular complexity index is 253. The summed E-state index contributed by atoms with van der Waals surface area (Å²) in [5.74, 6) is 0. The molecule has 1 aromatic carbocycles. The maximum Gasteiger partial charge on any atom is 0.0825 e. The lowest BCUT2D eigenvalue weighted by molar-refractivity contribution is 0.189. The van der Waals surface area contributed by atoms with Gasteiger partial charge in [0.05, 0.1) is 6.61 Å². The minimum absolute atomic E-state index is 0.0122. The second-order valence-corrected chi connectivity index (χ2v) is 2.76. The standard InChI is InChI=1S/C11H13O/c1-2-10-5-3-6-11(9-10)7-4-8-12/h2-3,5-6,9H,1,4,7-8H2. The van der Waals surface area contributed by atoms with Crippen LogP contribution in [0.25, 0.3) is 6.08 Å². The van der Waals surface area contributed by atoms with E-state index >= 15 is 0 Å². The predicted octanol–water partition coefficient (Wildman–Crippen LogP) is 2.69. The minimum atomic E-state index is 0.0122. The van der Waals surface area contributed by atoms with Gasteiger partial charge >= 0.3 is 0 Å². The molecule has 0 aromatic heterocycles. The Hall–Kier alpha value is -1.08. The van der Waals surface area contributed by atoms with Crippen molar-refractivity contribution in [3.8, 4) is 0 Å². The summed E-state index contributed by atoms with van der Waals surface area (Å²) < 4.78 is 0. The molecule has 1 heteroatoms. The third-order valence-corrected chi connectivity index (χ3v) is 1.80. The maximum atomic E-state index is 10.2. The lowest BCUT2D eigenvalue weighted by Crippen LogP contribution is -1.88. The summed E-state index contributed by atoms with van der Waals surface area (Å²) in [6.45, 7) is 3.70. The van der Waals surface area contributed by atoms with E-state index in [0.717, 1.165) is 18.4 Å². The van der Waals surface area contributed by atoms with Crippen molar-refractivity contribution in [3.63, 3.8) is 0 Å². The Labute approximate surface area is 73.4 Å². The van der Waals surface area contributed by atoms with Crippen LogP contribution in [0.1, 0.15) is 17.5 Å². The molecule has 63 valence electrons. The predicted molar refractivity (Wildman–Crippen MR) is 50.4 cm³/mol. The van der Waals surface area contributed by atoms with Gasteiger partial charge < -0.3 is 0 Å². The molecule has 0 saturated heterocycles. The molecule has 0 saturated carbocycles. The van der Waals surface area contributed by atoms with Crippen molar-refractivity contribution >= 4 is 6.08 Å². The van der Waals surface area contributed by atoms with Gasteiger partial charge in [-0.2, -0.15) is 0 Å². The number of aryl methyl sites for hydroxylation is 1. The van der Waals surface area contributed by atoms with Gasteiger partial charge in [-0.3, -0.25) is 0 Å². The molecule has 0 aliphatic carbocycles. The van der Waals surface area contributed by atoms with Gasteiger partial charge in [-0.15, -0.1) is 0 Å². The third kappa shape index (κ3) is 2.51. The summed E-state index contributed by atoms with van der Waals surface area (Å²) in [6, 6.07) is 8.12. The Morgan fingerprint density at radius 2 is 2.25 bits per heavy atom. The number of rotatable bonds is 4. The highest BCUT2D eigenvalue weighted by Gasteiger charge is 1.92. The fraction of sp³-hybridized carbons (Fsp3) is 0.273. The summed E-state index contributed by atoms with van der Waals surface area (Å²) >= 11 is 0. The lowest BCUT2D eigenvalue weighted by Gasteiger charge is -1.99. The number of hydrogen-bond donors (Lipinski definition) is 0. The topological polar surface area (TPSA) is 19.9 Å². The van der Waals surface area contributed by atoms with Gasteiger partial charge in [0.15, 0.2) is 0 Å². The van der Waals surface area contributed by atoms with Crippen molar-refractivity contribution in [1.29, 1.82) is 0 Å². The van der Waals surface area contributed by atoms with Crippen LogP contribution in [0.2, 0.25) is 0 Å². The summed E-state index contributed by atoms with van der Waals surface area (Å²) in [7, 11) is 0. The average molecular weight is 161 g/mol. The molecule has 12 heavy (non-hydrogen) atoms. The molecule has 0 amide bonds. The highest BCUT2D eigenvalue weighted by Crippen LogP contribution is 2.08. The van der Waals surface area contributed by atoms with E-state index in [1.165, 1.54) is 5.56 Å². The summed E-state index contributed by atoms with van der Waals surface area (Å²) in [4.78, 5) is 0. The molecule has 0 bridgehead atoms. The molecular weight excluding hydrogens is 148 g/mol. The fourth-order valence-corrected chi connectivity index (χ4v) is 1.15. The van der Waals surface area contributed by atoms with Gasteiger partial charge in [0.1, 0.15) is 0 Å². The largest absolute Gasteiger partial charge is 0.237 e. The second-order valence-electron chi connectivity index (χ2n) is 2.76. The quantitative estimate of drug-likeness (QED) is 0.647. The molecule has 1 radical (unpaired) electrons. The van der Waals surface area contributed by atoms with Crippen molar-refractivity contribution in [2.75, 3.05) is 6.61 Å². The molecule has 0 aliphatic rings. The van der Waals surface area contributed by atoms with E-state index in [4.69, 9.17) is 0 Å². The number of hydrogen-bond acceptors (Lipinski definition) is 0. The molecule has 1 rings (SSSR count). The van der Waals surface area contributed by atoms with Crippen LogP contribution >= 0.6 is 0 Å². The first-order valence-corrected chi connectivity index (χ1v) is 4.16. The molecule has 0 spiro atoms. The van der Waals surface area contributed by atoms with Gasteiger partial charge in [0.2, 0.25) is 0 Å². The molecule has 0 fully saturated rings. The Morgan fingerprint density at radius 1 is 1.42 bits per heavy atom. The zero-order chi connectivity index (χ0) is 8.81. The zero-order valence-electron chi connectivity index (χ0n) is 7.12. The lowest BCUT2D eigenvalue weighted by atomic mass is 10.1. The summed E-state index contributed by atoms with van der Waals surface area (Å²) in [5, 5.41) is 10.2. The molecular formula is C11H13O. The van der Waals surface area contributed by atoms with E-state index in [1.54, 1.807) is 0 Å². The minimum Gasteiger partial charge on any atom is -0.237 e. The van der Waals surface area contributed by atoms with Crippen molar-refractivity contribution < 1.29 is 5.11 Å². The van der Waals surface area contributed by atoms with Gasteiger partial charge in [-0.05, 0) is 24.0 Å². The maximum absolute atomic E-state index is 10.2. The van der Waals surface area contributed by atoms with Crippen LogP contribution in [0, 0.1) is 0 Å². The van der Waals surface area contributed by atoms with Crippen molar-refractivity contribution in [2.45, 2.75) is 12.8 Å². The van der Waals surface area contributed by atoms with E-state index in [0.29, 0.717) is 0 Å². The fourth-order valence-electron chi connectivity index (χ4n) is 1.15. The van der Waals surface area contributed by atoms with Crippen LogP contribution in [0.5, 0.6) is 0 Å². The smallest absolute Gasteiger partial charge is 0.0825 e. The van der Waals surface area contributed by atoms with Crippen LogP contribution in [0.3, 0.4) is 0 Å². The molecule has 0 heterocycles. The van der Waals surface area contributed by atoms with E-state index in [1.807, 2.05) is 24.3 Å². The highest BCUT2D eigenvalue weighted by molar-refractivity contribution is 5.47. The Morgan fingerprint density at radius 3 is 2.92 bits per heavy atom. The van der Waals surface area contributed by atoms with Gasteiger partial charge in [-0.1, -0.05) is 36.9 Å². The number of benzene rings is 1. The van der Waals surface area contributed by atoms with Crippen molar-refractivity contribution in [3.05, 3.63) is 42.0 Å². The average Bonchev–Trinajstić information content (AvgIpc) is 2.15. The van der Waals surface area contributed by atoms with Crippen molar-refractivity contribution in [2.24, 2.45) is 0 Å². The van der Waals surface area contributed by atoms with Crippen LogP contribution in [-0.4, -0.2) is 6.61 Å². The monoisotopic (exact) mass is 161 g/mol. The SMILES string of the molecule is C=Cc1cccc(CCC[O])c1. The second kappa shape index (κ2) is 4.73. The van der Waals surface area contributed by atoms with Crippen LogP contribution in [-0.2, 0) is 11.5 Å². The third-order valence-electron chi connectivity index (χ3n) is 1.80. The molecule has 0 N–H and O–H groups in total. The van der Waals surface area contributed by atoms with E-state index in [-0.39, 0.29) is 6.61 Å². The van der Waals surface area contributed by atoms with Gasteiger partial charge in [-0.25, -0.2) is 5.11 Å². The first kappa shape index (κ1) is 9.01. The van der Waals surface area contributed by atoms with E-state index in [9.17, 15) is 5.11 Å². The van der Waals surface area contributed by atoms with Gasteiger partial charge in [0, 0.05) is 0 Å². The highest BCUT2D eigenvalue weighted by atomic mass is 16.2. The molecule has 0 aliphatic heterocycles. The van der Waals surface area contributed by atoms with Crippen LogP contribution < -0.4 is 0 Å². The first-order chi connectivity index (χ1) is 5.86. The van der Waals surface area contributed by atoms with E-state index in [2.05, 4.69) is 12.6 Å². The Kier molecular flexibility index (Phi) is 3.55. The van der Waals surface area contributed by atoms with Crippen molar-refractivity contribution in [1.82, 2.24) is 0 Å². The van der Waals surface area contributed by atoms with Gasteiger partial charge in [0.25, 0.3) is 0 Å². The summed E-state index contributed by atoms with van der Waals surface area (Å²) in [6.07, 6.45) is 3.42. The molecule has 0 atom stereocenters. The van der Waals surface area contributed by atoms with Crippen LogP contribution in [0.15, 0.2) is 30.8 Å². The molecule has 1 aromatic rings.